The lowest BCUT2D eigenvalue weighted by Crippen LogP contribution is -2.11. The first-order chi connectivity index (χ1) is 7.70. The Hall–Kier alpha value is -1.62. The van der Waals surface area contributed by atoms with Crippen LogP contribution in [0.5, 0.6) is 0 Å². The third-order valence-electron chi connectivity index (χ3n) is 2.61. The molecule has 0 amide bonds. The molecule has 2 aromatic heterocycles. The van der Waals surface area contributed by atoms with Crippen LogP contribution in [0, 0.1) is 6.92 Å². The molecule has 5 nitrogen and oxygen atoms in total. The van der Waals surface area contributed by atoms with E-state index in [-0.39, 0.29) is 0 Å². The Bertz CT molecular complexity index is 468. The number of nitrogens with zero attached hydrogens (tertiary/aromatic N) is 4. The van der Waals surface area contributed by atoms with E-state index in [1.807, 2.05) is 38.2 Å². The molecule has 2 aromatic rings. The number of rotatable bonds is 4. The van der Waals surface area contributed by atoms with Crippen molar-refractivity contribution in [2.45, 2.75) is 20.0 Å². The van der Waals surface area contributed by atoms with Gasteiger partial charge in [-0.1, -0.05) is 0 Å². The Labute approximate surface area is 95.1 Å². The summed E-state index contributed by atoms with van der Waals surface area (Å²) >= 11 is 0. The fraction of sp³-hybridized carbons (Fsp3) is 0.455. The monoisotopic (exact) mass is 219 g/mol. The normalized spacial score (nSPS) is 10.9. The van der Waals surface area contributed by atoms with Crippen LogP contribution in [0.2, 0.25) is 0 Å². The Kier molecular flexibility index (Phi) is 3.05. The van der Waals surface area contributed by atoms with Crippen LogP contribution in [0.4, 0.5) is 0 Å². The van der Waals surface area contributed by atoms with Crippen LogP contribution in [0.1, 0.15) is 17.0 Å². The number of hydrogen-bond acceptors (Lipinski definition) is 3. The largest absolute Gasteiger partial charge is 0.329 e. The molecule has 0 aliphatic carbocycles. The zero-order valence-electron chi connectivity index (χ0n) is 9.94. The maximum absolute atomic E-state index is 4.33. The second kappa shape index (κ2) is 4.49. The Morgan fingerprint density at radius 3 is 2.88 bits per heavy atom. The zero-order chi connectivity index (χ0) is 11.5. The molecule has 2 rings (SSSR count). The molecule has 0 atom stereocenters. The summed E-state index contributed by atoms with van der Waals surface area (Å²) in [7, 11) is 3.88. The van der Waals surface area contributed by atoms with Crippen LogP contribution >= 0.6 is 0 Å². The molecule has 16 heavy (non-hydrogen) atoms. The lowest BCUT2D eigenvalue weighted by molar-refractivity contribution is 0.690. The van der Waals surface area contributed by atoms with Crippen molar-refractivity contribution in [2.24, 2.45) is 7.05 Å². The molecule has 0 aromatic carbocycles. The smallest absolute Gasteiger partial charge is 0.0951 e. The molecule has 0 radical (unpaired) electrons. The molecule has 2 heterocycles. The van der Waals surface area contributed by atoms with Crippen molar-refractivity contribution in [3.63, 3.8) is 0 Å². The maximum Gasteiger partial charge on any atom is 0.0951 e. The Morgan fingerprint density at radius 2 is 2.25 bits per heavy atom. The van der Waals surface area contributed by atoms with E-state index in [0.29, 0.717) is 0 Å². The minimum atomic E-state index is 0.830. The van der Waals surface area contributed by atoms with Gasteiger partial charge in [-0.2, -0.15) is 5.10 Å². The van der Waals surface area contributed by atoms with Crippen LogP contribution in [-0.2, 0) is 20.1 Å². The summed E-state index contributed by atoms with van der Waals surface area (Å²) in [4.78, 5) is 4.17. The number of aromatic nitrogens is 4. The standard InChI is InChI=1S/C11H17N5/c1-9-10(6-15(3)14-9)7-16-8-13-5-11(16)4-12-2/h5-6,8,12H,4,7H2,1-3H3. The van der Waals surface area contributed by atoms with Crippen LogP contribution in [0.3, 0.4) is 0 Å². The van der Waals surface area contributed by atoms with E-state index in [9.17, 15) is 0 Å². The molecule has 0 bridgehead atoms. The highest BCUT2D eigenvalue weighted by Crippen LogP contribution is 2.09. The molecule has 5 heteroatoms. The number of aryl methyl sites for hydroxylation is 2. The molecule has 0 fully saturated rings. The van der Waals surface area contributed by atoms with E-state index in [1.54, 1.807) is 0 Å². The molecule has 86 valence electrons. The second-order valence-corrected chi connectivity index (χ2v) is 3.96. The van der Waals surface area contributed by atoms with Gasteiger partial charge in [-0.25, -0.2) is 4.98 Å². The summed E-state index contributed by atoms with van der Waals surface area (Å²) in [6.07, 6.45) is 5.81. The van der Waals surface area contributed by atoms with Crippen LogP contribution in [-0.4, -0.2) is 26.4 Å². The fourth-order valence-electron chi connectivity index (χ4n) is 1.81. The minimum absolute atomic E-state index is 0.830. The van der Waals surface area contributed by atoms with E-state index < -0.39 is 0 Å². The summed E-state index contributed by atoms with van der Waals surface area (Å²) in [5.41, 5.74) is 3.50. The number of imidazole rings is 1. The van der Waals surface area contributed by atoms with Gasteiger partial charge in [-0.15, -0.1) is 0 Å². The van der Waals surface area contributed by atoms with Gasteiger partial charge in [0.25, 0.3) is 0 Å². The quantitative estimate of drug-likeness (QED) is 0.823. The number of nitrogens with one attached hydrogen (secondary N) is 1. The van der Waals surface area contributed by atoms with Crippen molar-refractivity contribution in [1.29, 1.82) is 0 Å². The molecule has 0 spiro atoms. The zero-order valence-corrected chi connectivity index (χ0v) is 9.94. The summed E-state index contributed by atoms with van der Waals surface area (Å²) in [5, 5.41) is 7.47. The highest BCUT2D eigenvalue weighted by atomic mass is 15.3. The van der Waals surface area contributed by atoms with E-state index in [4.69, 9.17) is 0 Å². The molecule has 0 aliphatic heterocycles. The van der Waals surface area contributed by atoms with E-state index >= 15 is 0 Å². The van der Waals surface area contributed by atoms with Gasteiger partial charge in [0.2, 0.25) is 0 Å². The lowest BCUT2D eigenvalue weighted by Gasteiger charge is -2.06. The average molecular weight is 219 g/mol. The first-order valence-corrected chi connectivity index (χ1v) is 5.33. The highest BCUT2D eigenvalue weighted by Gasteiger charge is 2.06. The third-order valence-corrected chi connectivity index (χ3v) is 2.61. The van der Waals surface area contributed by atoms with Gasteiger partial charge in [0.1, 0.15) is 0 Å². The summed E-state index contributed by atoms with van der Waals surface area (Å²) in [6, 6.07) is 0. The van der Waals surface area contributed by atoms with Crippen molar-refractivity contribution >= 4 is 0 Å². The van der Waals surface area contributed by atoms with Crippen LogP contribution < -0.4 is 5.32 Å². The molecular weight excluding hydrogens is 202 g/mol. The Balaban J connectivity index is 2.20. The first-order valence-electron chi connectivity index (χ1n) is 5.33. The maximum atomic E-state index is 4.33. The van der Waals surface area contributed by atoms with Gasteiger partial charge in [0.05, 0.1) is 24.3 Å². The van der Waals surface area contributed by atoms with Crippen molar-refractivity contribution in [3.05, 3.63) is 35.7 Å². The lowest BCUT2D eigenvalue weighted by atomic mass is 10.2. The molecular formula is C11H17N5. The van der Waals surface area contributed by atoms with Gasteiger partial charge in [-0.05, 0) is 14.0 Å². The predicted molar refractivity (Wildman–Crippen MR) is 62.0 cm³/mol. The molecule has 0 saturated carbocycles. The average Bonchev–Trinajstić information content (AvgIpc) is 2.77. The minimum Gasteiger partial charge on any atom is -0.329 e. The predicted octanol–water partition coefficient (Wildman–Crippen LogP) is 0.693. The van der Waals surface area contributed by atoms with Crippen molar-refractivity contribution in [3.8, 4) is 0 Å². The number of hydrogen-bond donors (Lipinski definition) is 1. The molecule has 1 N–H and O–H groups in total. The topological polar surface area (TPSA) is 47.7 Å². The SMILES string of the molecule is CNCc1cncn1Cc1cn(C)nc1C. The van der Waals surface area contributed by atoms with Gasteiger partial charge in [0, 0.05) is 31.5 Å². The Morgan fingerprint density at radius 1 is 1.44 bits per heavy atom. The second-order valence-electron chi connectivity index (χ2n) is 3.96. The van der Waals surface area contributed by atoms with E-state index in [2.05, 4.69) is 26.2 Å². The fourth-order valence-corrected chi connectivity index (χ4v) is 1.81. The third kappa shape index (κ3) is 2.14. The summed E-state index contributed by atoms with van der Waals surface area (Å²) in [6.45, 7) is 3.69. The van der Waals surface area contributed by atoms with Crippen molar-refractivity contribution in [2.75, 3.05) is 7.05 Å². The molecule has 0 saturated heterocycles. The molecule has 0 aliphatic rings. The van der Waals surface area contributed by atoms with Crippen molar-refractivity contribution < 1.29 is 0 Å². The summed E-state index contributed by atoms with van der Waals surface area (Å²) < 4.78 is 3.99. The summed E-state index contributed by atoms with van der Waals surface area (Å²) in [5.74, 6) is 0. The van der Waals surface area contributed by atoms with Crippen molar-refractivity contribution in [1.82, 2.24) is 24.6 Å². The van der Waals surface area contributed by atoms with Crippen LogP contribution in [0.15, 0.2) is 18.7 Å². The van der Waals surface area contributed by atoms with Gasteiger partial charge in [0.15, 0.2) is 0 Å². The first kappa shape index (κ1) is 10.9. The highest BCUT2D eigenvalue weighted by molar-refractivity contribution is 5.16. The van der Waals surface area contributed by atoms with Gasteiger partial charge >= 0.3 is 0 Å². The van der Waals surface area contributed by atoms with E-state index in [0.717, 1.165) is 18.8 Å². The van der Waals surface area contributed by atoms with Crippen LogP contribution in [0.25, 0.3) is 0 Å². The van der Waals surface area contributed by atoms with E-state index in [1.165, 1.54) is 11.3 Å². The van der Waals surface area contributed by atoms with Gasteiger partial charge < -0.3 is 9.88 Å². The van der Waals surface area contributed by atoms with Gasteiger partial charge in [-0.3, -0.25) is 4.68 Å². The molecule has 0 unspecified atom stereocenters.